The molecule has 0 aliphatic carbocycles. The fourth-order valence-corrected chi connectivity index (χ4v) is 4.73. The fourth-order valence-electron chi connectivity index (χ4n) is 3.55. The molecule has 0 unspecified atom stereocenters. The third-order valence-electron chi connectivity index (χ3n) is 5.24. The summed E-state index contributed by atoms with van der Waals surface area (Å²) in [7, 11) is -2.10. The van der Waals surface area contributed by atoms with E-state index in [1.165, 1.54) is 16.3 Å². The van der Waals surface area contributed by atoms with E-state index in [4.69, 9.17) is 16.3 Å². The first kappa shape index (κ1) is 27.5. The second kappa shape index (κ2) is 12.6. The van der Waals surface area contributed by atoms with Crippen LogP contribution in [0.2, 0.25) is 5.02 Å². The highest BCUT2D eigenvalue weighted by molar-refractivity contribution is 7.92. The molecule has 0 aliphatic rings. The Hall–Kier alpha value is -2.78. The van der Waals surface area contributed by atoms with E-state index in [2.05, 4.69) is 5.32 Å². The van der Waals surface area contributed by atoms with Gasteiger partial charge in [-0.1, -0.05) is 35.9 Å². The van der Waals surface area contributed by atoms with Crippen molar-refractivity contribution in [3.63, 3.8) is 0 Å². The monoisotopic (exact) mass is 509 g/mol. The van der Waals surface area contributed by atoms with Gasteiger partial charge in [-0.2, -0.15) is 0 Å². The van der Waals surface area contributed by atoms with Crippen molar-refractivity contribution in [3.05, 3.63) is 59.1 Å². The molecule has 2 aromatic rings. The van der Waals surface area contributed by atoms with Crippen LogP contribution in [0, 0.1) is 0 Å². The Morgan fingerprint density at radius 1 is 1.15 bits per heavy atom. The Bertz CT molecular complexity index is 1090. The molecule has 0 aromatic heterocycles. The predicted molar refractivity (Wildman–Crippen MR) is 135 cm³/mol. The summed E-state index contributed by atoms with van der Waals surface area (Å²) in [5.41, 5.74) is 1.22. The Labute approximate surface area is 206 Å². The smallest absolute Gasteiger partial charge is 0.242 e. The summed E-state index contributed by atoms with van der Waals surface area (Å²) < 4.78 is 31.9. The number of halogens is 1. The number of likely N-dealkylation sites (N-methyl/N-ethyl adjacent to an activating group) is 1. The van der Waals surface area contributed by atoms with Crippen molar-refractivity contribution in [1.82, 2.24) is 10.2 Å². The van der Waals surface area contributed by atoms with Crippen molar-refractivity contribution in [2.75, 3.05) is 30.8 Å². The number of ether oxygens (including phenoxy) is 1. The van der Waals surface area contributed by atoms with Crippen LogP contribution < -0.4 is 14.4 Å². The van der Waals surface area contributed by atoms with Crippen LogP contribution in [0.5, 0.6) is 5.75 Å². The molecule has 0 bridgehead atoms. The van der Waals surface area contributed by atoms with Gasteiger partial charge < -0.3 is 15.0 Å². The second-order valence-electron chi connectivity index (χ2n) is 7.78. The number of rotatable bonds is 12. The predicted octanol–water partition coefficient (Wildman–Crippen LogP) is 3.45. The fraction of sp³-hybridized carbons (Fsp3) is 0.417. The number of nitrogens with one attached hydrogen (secondary N) is 1. The van der Waals surface area contributed by atoms with Crippen LogP contribution in [0.15, 0.2) is 48.5 Å². The van der Waals surface area contributed by atoms with E-state index in [1.807, 2.05) is 13.0 Å². The lowest BCUT2D eigenvalue weighted by Gasteiger charge is -2.29. The Balaban J connectivity index is 2.18. The van der Waals surface area contributed by atoms with Gasteiger partial charge in [-0.05, 0) is 50.1 Å². The summed E-state index contributed by atoms with van der Waals surface area (Å²) in [5, 5.41) is 3.11. The van der Waals surface area contributed by atoms with Gasteiger partial charge in [-0.25, -0.2) is 8.42 Å². The molecule has 1 atom stereocenters. The Kier molecular flexibility index (Phi) is 10.2. The minimum atomic E-state index is -3.61. The number of carbonyl (C=O) groups excluding carboxylic acids is 2. The van der Waals surface area contributed by atoms with Crippen molar-refractivity contribution < 1.29 is 22.7 Å². The summed E-state index contributed by atoms with van der Waals surface area (Å²) in [6.45, 7) is 4.17. The molecule has 2 amide bonds. The highest BCUT2D eigenvalue weighted by Gasteiger charge is 2.26. The minimum absolute atomic E-state index is 0.0602. The van der Waals surface area contributed by atoms with Gasteiger partial charge in [0.25, 0.3) is 0 Å². The summed E-state index contributed by atoms with van der Waals surface area (Å²) >= 11 is 6.08. The molecule has 0 heterocycles. The first-order chi connectivity index (χ1) is 16.1. The highest BCUT2D eigenvalue weighted by Crippen LogP contribution is 2.30. The first-order valence-electron chi connectivity index (χ1n) is 11.0. The third kappa shape index (κ3) is 7.63. The molecule has 0 saturated carbocycles. The van der Waals surface area contributed by atoms with Crippen molar-refractivity contribution in [3.8, 4) is 5.75 Å². The third-order valence-corrected chi connectivity index (χ3v) is 6.66. The summed E-state index contributed by atoms with van der Waals surface area (Å²) in [5.74, 6) is -0.0982. The molecule has 0 saturated heterocycles. The number of anilines is 1. The van der Waals surface area contributed by atoms with Crippen LogP contribution in [0.1, 0.15) is 32.3 Å². The zero-order valence-corrected chi connectivity index (χ0v) is 21.5. The zero-order chi connectivity index (χ0) is 25.3. The van der Waals surface area contributed by atoms with Crippen LogP contribution in [0.3, 0.4) is 0 Å². The molecule has 0 radical (unpaired) electrons. The maximum absolute atomic E-state index is 13.2. The molecule has 186 valence electrons. The number of carbonyl (C=O) groups is 2. The number of para-hydroxylation sites is 2. The molecule has 2 rings (SSSR count). The first-order valence-corrected chi connectivity index (χ1v) is 13.3. The minimum Gasteiger partial charge on any atom is -0.492 e. The van der Waals surface area contributed by atoms with Crippen molar-refractivity contribution >= 4 is 39.1 Å². The SMILES string of the molecule is CCOc1ccccc1N(CCCC(=O)N(Cc1cccc(Cl)c1)[C@H](C)C(=O)NC)S(C)(=O)=O. The average Bonchev–Trinajstić information content (AvgIpc) is 2.79. The van der Waals surface area contributed by atoms with E-state index < -0.39 is 16.1 Å². The largest absolute Gasteiger partial charge is 0.492 e. The van der Waals surface area contributed by atoms with Crippen LogP contribution in [0.4, 0.5) is 5.69 Å². The van der Waals surface area contributed by atoms with Crippen LogP contribution >= 0.6 is 11.6 Å². The molecule has 34 heavy (non-hydrogen) atoms. The zero-order valence-electron chi connectivity index (χ0n) is 20.0. The lowest BCUT2D eigenvalue weighted by molar-refractivity contribution is -0.140. The number of sulfonamides is 1. The van der Waals surface area contributed by atoms with E-state index in [0.29, 0.717) is 23.1 Å². The molecule has 10 heteroatoms. The lowest BCUT2D eigenvalue weighted by atomic mass is 10.1. The number of amides is 2. The van der Waals surface area contributed by atoms with Gasteiger partial charge >= 0.3 is 0 Å². The summed E-state index contributed by atoms with van der Waals surface area (Å²) in [6.07, 6.45) is 1.44. The van der Waals surface area contributed by atoms with Gasteiger partial charge in [0.05, 0.1) is 18.6 Å². The van der Waals surface area contributed by atoms with Gasteiger partial charge in [0.15, 0.2) is 0 Å². The van der Waals surface area contributed by atoms with Gasteiger partial charge in [0, 0.05) is 31.6 Å². The Morgan fingerprint density at radius 3 is 2.47 bits per heavy atom. The van der Waals surface area contributed by atoms with Crippen molar-refractivity contribution in [2.24, 2.45) is 0 Å². The molecule has 1 N–H and O–H groups in total. The molecular formula is C24H32ClN3O5S. The molecule has 8 nitrogen and oxygen atoms in total. The van der Waals surface area contributed by atoms with Gasteiger partial charge in [0.2, 0.25) is 21.8 Å². The lowest BCUT2D eigenvalue weighted by Crippen LogP contribution is -2.46. The maximum Gasteiger partial charge on any atom is 0.242 e. The summed E-state index contributed by atoms with van der Waals surface area (Å²) in [4.78, 5) is 26.9. The molecule has 2 aromatic carbocycles. The molecule has 0 aliphatic heterocycles. The standard InChI is InChI=1S/C24H32ClN3O5S/c1-5-33-22-13-7-6-12-21(22)28(34(4,31)32)15-9-14-23(29)27(18(2)24(30)26-3)17-19-10-8-11-20(25)16-19/h6-8,10-13,16,18H,5,9,14-15,17H2,1-4H3,(H,26,30)/t18-/m1/s1. The van der Waals surface area contributed by atoms with E-state index in [1.54, 1.807) is 49.4 Å². The van der Waals surface area contributed by atoms with E-state index in [0.717, 1.165) is 11.8 Å². The number of hydrogen-bond donors (Lipinski definition) is 1. The van der Waals surface area contributed by atoms with E-state index in [9.17, 15) is 18.0 Å². The number of benzene rings is 2. The molecular weight excluding hydrogens is 478 g/mol. The van der Waals surface area contributed by atoms with Gasteiger partial charge in [0.1, 0.15) is 11.8 Å². The van der Waals surface area contributed by atoms with Crippen LogP contribution in [-0.4, -0.2) is 57.6 Å². The van der Waals surface area contributed by atoms with E-state index >= 15 is 0 Å². The van der Waals surface area contributed by atoms with Crippen molar-refractivity contribution in [1.29, 1.82) is 0 Å². The van der Waals surface area contributed by atoms with E-state index in [-0.39, 0.29) is 37.7 Å². The van der Waals surface area contributed by atoms with Gasteiger partial charge in [-0.15, -0.1) is 0 Å². The average molecular weight is 510 g/mol. The molecule has 0 fully saturated rings. The maximum atomic E-state index is 13.2. The molecule has 0 spiro atoms. The van der Waals surface area contributed by atoms with Crippen molar-refractivity contribution in [2.45, 2.75) is 39.3 Å². The highest BCUT2D eigenvalue weighted by atomic mass is 35.5. The number of nitrogens with zero attached hydrogens (tertiary/aromatic N) is 2. The number of hydrogen-bond acceptors (Lipinski definition) is 5. The normalized spacial score (nSPS) is 12.0. The summed E-state index contributed by atoms with van der Waals surface area (Å²) in [6, 6.07) is 13.3. The van der Waals surface area contributed by atoms with Crippen LogP contribution in [-0.2, 0) is 26.2 Å². The van der Waals surface area contributed by atoms with Gasteiger partial charge in [-0.3, -0.25) is 13.9 Å². The quantitative estimate of drug-likeness (QED) is 0.472. The topological polar surface area (TPSA) is 96.0 Å². The second-order valence-corrected chi connectivity index (χ2v) is 10.1. The Morgan fingerprint density at radius 2 is 1.85 bits per heavy atom. The van der Waals surface area contributed by atoms with Crippen LogP contribution in [0.25, 0.3) is 0 Å².